The van der Waals surface area contributed by atoms with Crippen LogP contribution in [0.3, 0.4) is 0 Å². The fourth-order valence-corrected chi connectivity index (χ4v) is 1.12. The van der Waals surface area contributed by atoms with Crippen molar-refractivity contribution >= 4 is 0 Å². The zero-order valence-corrected chi connectivity index (χ0v) is 6.80. The quantitative estimate of drug-likeness (QED) is 0.495. The van der Waals surface area contributed by atoms with Crippen molar-refractivity contribution < 1.29 is 5.11 Å². The van der Waals surface area contributed by atoms with Gasteiger partial charge in [0.05, 0.1) is 11.8 Å². The molecule has 0 saturated carbocycles. The third-order valence-electron chi connectivity index (χ3n) is 1.39. The Kier molecular flexibility index (Phi) is 3.86. The lowest BCUT2D eigenvalue weighted by Gasteiger charge is -2.25. The topological polar surface area (TPSA) is 72.3 Å². The smallest absolute Gasteiger partial charge is 0.0661 e. The molecule has 0 rings (SSSR count). The summed E-state index contributed by atoms with van der Waals surface area (Å²) >= 11 is 0. The van der Waals surface area contributed by atoms with Crippen molar-refractivity contribution in [1.82, 2.24) is 0 Å². The molecule has 0 heterocycles. The molecular weight excluding hydrogens is 128 g/mol. The summed E-state index contributed by atoms with van der Waals surface area (Å²) in [5.41, 5.74) is 10.6. The third-order valence-corrected chi connectivity index (χ3v) is 1.39. The molecule has 0 aromatic carbocycles. The van der Waals surface area contributed by atoms with Gasteiger partial charge in [-0.1, -0.05) is 13.3 Å². The van der Waals surface area contributed by atoms with Gasteiger partial charge < -0.3 is 16.6 Å². The predicted octanol–water partition coefficient (Wildman–Crippen LogP) is 0.171. The van der Waals surface area contributed by atoms with E-state index < -0.39 is 11.8 Å². The minimum atomic E-state index is -0.678. The van der Waals surface area contributed by atoms with Crippen LogP contribution in [-0.4, -0.2) is 16.9 Å². The Balaban J connectivity index is 3.63. The fourth-order valence-electron chi connectivity index (χ4n) is 1.12. The summed E-state index contributed by atoms with van der Waals surface area (Å²) in [5.74, 6) is 0. The van der Waals surface area contributed by atoms with Crippen LogP contribution in [0.25, 0.3) is 0 Å². The minimum Gasteiger partial charge on any atom is -0.393 e. The monoisotopic (exact) mass is 146 g/mol. The van der Waals surface area contributed by atoms with Crippen molar-refractivity contribution in [2.24, 2.45) is 11.5 Å². The third kappa shape index (κ3) is 4.73. The molecule has 0 radical (unpaired) electrons. The van der Waals surface area contributed by atoms with Gasteiger partial charge in [0.15, 0.2) is 0 Å². The summed E-state index contributed by atoms with van der Waals surface area (Å²) in [4.78, 5) is 0. The molecule has 0 aliphatic rings. The summed E-state index contributed by atoms with van der Waals surface area (Å²) in [6, 6.07) is 0. The van der Waals surface area contributed by atoms with E-state index in [0.717, 1.165) is 12.8 Å². The molecule has 0 aromatic heterocycles. The second-order valence-corrected chi connectivity index (χ2v) is 3.04. The minimum absolute atomic E-state index is 0.401. The molecule has 0 saturated heterocycles. The molecule has 0 amide bonds. The Hall–Kier alpha value is -0.120. The zero-order valence-electron chi connectivity index (χ0n) is 6.80. The van der Waals surface area contributed by atoms with E-state index >= 15 is 0 Å². The molecule has 0 aromatic rings. The van der Waals surface area contributed by atoms with Crippen molar-refractivity contribution in [2.75, 3.05) is 0 Å². The predicted molar refractivity (Wildman–Crippen MR) is 42.3 cm³/mol. The van der Waals surface area contributed by atoms with E-state index in [1.54, 1.807) is 6.92 Å². The Bertz CT molecular complexity index is 91.6. The van der Waals surface area contributed by atoms with Crippen LogP contribution in [0.4, 0.5) is 0 Å². The van der Waals surface area contributed by atoms with E-state index in [2.05, 4.69) is 0 Å². The summed E-state index contributed by atoms with van der Waals surface area (Å²) in [6.07, 6.45) is 1.79. The van der Waals surface area contributed by atoms with Crippen molar-refractivity contribution in [3.8, 4) is 0 Å². The van der Waals surface area contributed by atoms with E-state index in [-0.39, 0.29) is 0 Å². The van der Waals surface area contributed by atoms with E-state index in [4.69, 9.17) is 16.6 Å². The van der Waals surface area contributed by atoms with E-state index in [0.29, 0.717) is 6.42 Å². The molecule has 0 fully saturated rings. The van der Waals surface area contributed by atoms with Crippen LogP contribution in [0.5, 0.6) is 0 Å². The molecule has 0 spiro atoms. The maximum Gasteiger partial charge on any atom is 0.0661 e. The van der Waals surface area contributed by atoms with Crippen LogP contribution in [0.15, 0.2) is 0 Å². The first-order valence-electron chi connectivity index (χ1n) is 3.74. The van der Waals surface area contributed by atoms with Gasteiger partial charge in [-0.3, -0.25) is 0 Å². The average Bonchev–Trinajstić information content (AvgIpc) is 1.59. The Morgan fingerprint density at radius 3 is 2.30 bits per heavy atom. The maximum atomic E-state index is 8.95. The zero-order chi connectivity index (χ0) is 8.20. The molecule has 62 valence electrons. The van der Waals surface area contributed by atoms with Crippen LogP contribution in [0.1, 0.15) is 33.1 Å². The fraction of sp³-hybridized carbons (Fsp3) is 1.00. The summed E-state index contributed by atoms with van der Waals surface area (Å²) in [7, 11) is 0. The van der Waals surface area contributed by atoms with Gasteiger partial charge in [-0.25, -0.2) is 0 Å². The highest BCUT2D eigenvalue weighted by Crippen LogP contribution is 2.09. The summed E-state index contributed by atoms with van der Waals surface area (Å²) < 4.78 is 0. The van der Waals surface area contributed by atoms with Gasteiger partial charge >= 0.3 is 0 Å². The van der Waals surface area contributed by atoms with Crippen molar-refractivity contribution in [3.63, 3.8) is 0 Å². The lowest BCUT2D eigenvalue weighted by atomic mass is 10.00. The number of hydrogen-bond acceptors (Lipinski definition) is 3. The number of aliphatic hydroxyl groups excluding tert-OH is 1. The van der Waals surface area contributed by atoms with Gasteiger partial charge in [-0.2, -0.15) is 0 Å². The van der Waals surface area contributed by atoms with Gasteiger partial charge in [-0.15, -0.1) is 0 Å². The number of nitrogens with two attached hydrogens (primary N) is 2. The molecule has 3 nitrogen and oxygen atoms in total. The largest absolute Gasteiger partial charge is 0.393 e. The highest BCUT2D eigenvalue weighted by molar-refractivity contribution is 4.77. The van der Waals surface area contributed by atoms with Gasteiger partial charge in [0.1, 0.15) is 0 Å². The van der Waals surface area contributed by atoms with Crippen LogP contribution in [0, 0.1) is 0 Å². The number of rotatable bonds is 4. The van der Waals surface area contributed by atoms with Gasteiger partial charge in [0.25, 0.3) is 0 Å². The number of hydrogen-bond donors (Lipinski definition) is 3. The molecule has 5 N–H and O–H groups in total. The van der Waals surface area contributed by atoms with Gasteiger partial charge in [-0.05, 0) is 13.3 Å². The molecule has 3 heteroatoms. The molecule has 1 atom stereocenters. The average molecular weight is 146 g/mol. The molecule has 10 heavy (non-hydrogen) atoms. The summed E-state index contributed by atoms with van der Waals surface area (Å²) in [5, 5.41) is 8.95. The van der Waals surface area contributed by atoms with Crippen LogP contribution >= 0.6 is 0 Å². The first-order valence-corrected chi connectivity index (χ1v) is 3.74. The molecule has 0 aliphatic carbocycles. The standard InChI is InChI=1S/C7H18N2O/c1-3-4-7(8,9)5-6(2)10/h6,10H,3-5,8-9H2,1-2H3. The second kappa shape index (κ2) is 3.91. The van der Waals surface area contributed by atoms with Gasteiger partial charge in [0.2, 0.25) is 0 Å². The first-order chi connectivity index (χ1) is 4.48. The highest BCUT2D eigenvalue weighted by atomic mass is 16.3. The second-order valence-electron chi connectivity index (χ2n) is 3.04. The van der Waals surface area contributed by atoms with E-state index in [1.165, 1.54) is 0 Å². The summed E-state index contributed by atoms with van der Waals surface area (Å²) in [6.45, 7) is 3.72. The normalized spacial score (nSPS) is 15.3. The van der Waals surface area contributed by atoms with Crippen molar-refractivity contribution in [1.29, 1.82) is 0 Å². The van der Waals surface area contributed by atoms with Crippen molar-refractivity contribution in [2.45, 2.75) is 44.9 Å². The molecule has 1 unspecified atom stereocenters. The van der Waals surface area contributed by atoms with Crippen molar-refractivity contribution in [3.05, 3.63) is 0 Å². The lowest BCUT2D eigenvalue weighted by Crippen LogP contribution is -2.51. The van der Waals surface area contributed by atoms with Crippen LogP contribution < -0.4 is 11.5 Å². The Morgan fingerprint density at radius 1 is 1.50 bits per heavy atom. The lowest BCUT2D eigenvalue weighted by molar-refractivity contribution is 0.146. The van der Waals surface area contributed by atoms with E-state index in [9.17, 15) is 0 Å². The van der Waals surface area contributed by atoms with Crippen LogP contribution in [-0.2, 0) is 0 Å². The molecule has 0 aliphatic heterocycles. The highest BCUT2D eigenvalue weighted by Gasteiger charge is 2.19. The van der Waals surface area contributed by atoms with E-state index in [1.807, 2.05) is 6.92 Å². The first kappa shape index (κ1) is 9.88. The Morgan fingerprint density at radius 2 is 2.00 bits per heavy atom. The Labute approximate surface area is 62.4 Å². The maximum absolute atomic E-state index is 8.95. The molecule has 0 bridgehead atoms. The molecular formula is C7H18N2O. The SMILES string of the molecule is CCCC(N)(N)CC(C)O. The van der Waals surface area contributed by atoms with Gasteiger partial charge in [0, 0.05) is 6.42 Å². The van der Waals surface area contributed by atoms with Crippen LogP contribution in [0.2, 0.25) is 0 Å². The number of aliphatic hydroxyl groups is 1.